The summed E-state index contributed by atoms with van der Waals surface area (Å²) in [7, 11) is 0. The quantitative estimate of drug-likeness (QED) is 0.405. The predicted molar refractivity (Wildman–Crippen MR) is 141 cm³/mol. The molecule has 0 spiro atoms. The van der Waals surface area contributed by atoms with Crippen LogP contribution in [0.3, 0.4) is 0 Å². The minimum Gasteiger partial charge on any atom is -0.462 e. The smallest absolute Gasteiger partial charge is 0.302 e. The molecule has 6 nitrogen and oxygen atoms in total. The fourth-order valence-electron chi connectivity index (χ4n) is 9.68. The zero-order valence-electron chi connectivity index (χ0n) is 23.5. The van der Waals surface area contributed by atoms with Crippen molar-refractivity contribution >= 4 is 17.7 Å². The van der Waals surface area contributed by atoms with Crippen LogP contribution in [0.25, 0.3) is 0 Å². The Kier molecular flexibility index (Phi) is 6.53. The molecule has 3 fully saturated rings. The van der Waals surface area contributed by atoms with Gasteiger partial charge in [-0.1, -0.05) is 32.4 Å². The van der Waals surface area contributed by atoms with Crippen molar-refractivity contribution in [3.8, 4) is 0 Å². The molecule has 0 aromatic rings. The van der Waals surface area contributed by atoms with Crippen molar-refractivity contribution in [3.63, 3.8) is 0 Å². The van der Waals surface area contributed by atoms with Crippen molar-refractivity contribution < 1.29 is 24.2 Å². The summed E-state index contributed by atoms with van der Waals surface area (Å²) in [6.45, 7) is 12.3. The molecular formula is C31H45NO5. The molecule has 0 saturated heterocycles. The Bertz CT molecular complexity index is 1080. The number of ketones is 1. The molecule has 0 aromatic carbocycles. The lowest BCUT2D eigenvalue weighted by Crippen LogP contribution is -2.49. The zero-order chi connectivity index (χ0) is 26.9. The number of carbonyl (C=O) groups is 3. The summed E-state index contributed by atoms with van der Waals surface area (Å²) >= 11 is 0. The lowest BCUT2D eigenvalue weighted by molar-refractivity contribution is -0.148. The standard InChI is InChI=1S/C31H45NO5/c1-17(16-32-19(3)33)13-25-27(35)18(2)28-30(6)12-10-24-23(26(30)15-31(25,28)36)8-7-21-14-22(37-20(4)34)9-11-29(21,24)5/h7,17,22-26,36H,8-16H2,1-6H3,(H,32,33)/t17-,22-,23-,24+,25+,26+,29-,30-,31-/m0/s1. The third-order valence-electron chi connectivity index (χ3n) is 11.3. The molecule has 2 N–H and O–H groups in total. The van der Waals surface area contributed by atoms with Gasteiger partial charge in [0.1, 0.15) is 6.10 Å². The summed E-state index contributed by atoms with van der Waals surface area (Å²) < 4.78 is 5.59. The van der Waals surface area contributed by atoms with Gasteiger partial charge in [-0.05, 0) is 97.5 Å². The van der Waals surface area contributed by atoms with Crippen molar-refractivity contribution in [1.82, 2.24) is 5.32 Å². The Hall–Kier alpha value is -1.95. The zero-order valence-corrected chi connectivity index (χ0v) is 23.5. The minimum atomic E-state index is -1.07. The van der Waals surface area contributed by atoms with E-state index >= 15 is 0 Å². The molecule has 1 amide bonds. The van der Waals surface area contributed by atoms with E-state index in [0.29, 0.717) is 37.1 Å². The Balaban J connectivity index is 1.42. The first-order chi connectivity index (χ1) is 17.3. The van der Waals surface area contributed by atoms with Gasteiger partial charge in [-0.25, -0.2) is 0 Å². The number of aliphatic hydroxyl groups is 1. The number of carbonyl (C=O) groups excluding carboxylic acids is 3. The van der Waals surface area contributed by atoms with Crippen LogP contribution in [-0.2, 0) is 19.1 Å². The number of amides is 1. The highest BCUT2D eigenvalue weighted by atomic mass is 16.5. The maximum atomic E-state index is 13.5. The number of allylic oxidation sites excluding steroid dienone is 2. The molecule has 37 heavy (non-hydrogen) atoms. The van der Waals surface area contributed by atoms with Crippen LogP contribution in [0.2, 0.25) is 0 Å². The third-order valence-corrected chi connectivity index (χ3v) is 11.3. The number of rotatable bonds is 5. The van der Waals surface area contributed by atoms with Gasteiger partial charge in [0.15, 0.2) is 5.78 Å². The number of Topliss-reactive ketones (excluding diaryl/α,β-unsaturated/α-hetero) is 1. The Morgan fingerprint density at radius 3 is 2.54 bits per heavy atom. The van der Waals surface area contributed by atoms with Gasteiger partial charge in [-0.3, -0.25) is 14.4 Å². The number of hydrogen-bond acceptors (Lipinski definition) is 5. The molecule has 5 rings (SSSR count). The van der Waals surface area contributed by atoms with Crippen LogP contribution in [0, 0.1) is 40.4 Å². The van der Waals surface area contributed by atoms with Gasteiger partial charge in [0.25, 0.3) is 0 Å². The van der Waals surface area contributed by atoms with Crippen LogP contribution < -0.4 is 5.32 Å². The number of nitrogens with one attached hydrogen (secondary N) is 1. The second-order valence-electron chi connectivity index (χ2n) is 13.5. The third kappa shape index (κ3) is 4.04. The monoisotopic (exact) mass is 511 g/mol. The van der Waals surface area contributed by atoms with Gasteiger partial charge in [-0.15, -0.1) is 0 Å². The highest BCUT2D eigenvalue weighted by Gasteiger charge is 2.68. The van der Waals surface area contributed by atoms with Crippen molar-refractivity contribution in [2.75, 3.05) is 6.54 Å². The lowest BCUT2D eigenvalue weighted by atomic mass is 9.47. The van der Waals surface area contributed by atoms with Crippen LogP contribution >= 0.6 is 0 Å². The van der Waals surface area contributed by atoms with E-state index < -0.39 is 11.5 Å². The van der Waals surface area contributed by atoms with Crippen LogP contribution in [-0.4, -0.2) is 41.0 Å². The van der Waals surface area contributed by atoms with E-state index in [1.165, 1.54) is 19.4 Å². The summed E-state index contributed by atoms with van der Waals surface area (Å²) in [6.07, 6.45) is 9.58. The molecule has 0 aliphatic heterocycles. The molecule has 3 saturated carbocycles. The molecule has 0 unspecified atom stereocenters. The fourth-order valence-corrected chi connectivity index (χ4v) is 9.68. The molecule has 5 aliphatic carbocycles. The van der Waals surface area contributed by atoms with Gasteiger partial charge < -0.3 is 15.2 Å². The SMILES string of the molecule is CC(=O)NC[C@@H](C)C[C@@H]1C(=O)C(C)=C2[C@]1(O)C[C@@H]1[C@H]3CC=C4C[C@@H](OC(C)=O)CC[C@]4(C)[C@@H]3CC[C@]21C. The molecular weight excluding hydrogens is 466 g/mol. The highest BCUT2D eigenvalue weighted by molar-refractivity contribution is 6.02. The Morgan fingerprint density at radius 1 is 1.16 bits per heavy atom. The number of hydrogen-bond donors (Lipinski definition) is 2. The van der Waals surface area contributed by atoms with Crippen LogP contribution in [0.1, 0.15) is 92.9 Å². The molecule has 0 radical (unpaired) electrons. The van der Waals surface area contributed by atoms with Crippen molar-refractivity contribution in [1.29, 1.82) is 0 Å². The van der Waals surface area contributed by atoms with E-state index in [9.17, 15) is 19.5 Å². The number of esters is 1. The van der Waals surface area contributed by atoms with Gasteiger partial charge in [-0.2, -0.15) is 0 Å². The van der Waals surface area contributed by atoms with Gasteiger partial charge in [0, 0.05) is 26.8 Å². The molecule has 0 heterocycles. The Morgan fingerprint density at radius 2 is 1.86 bits per heavy atom. The summed E-state index contributed by atoms with van der Waals surface area (Å²) in [6, 6.07) is 0. The first-order valence-electron chi connectivity index (χ1n) is 14.4. The lowest BCUT2D eigenvalue weighted by Gasteiger charge is -2.57. The molecule has 0 aromatic heterocycles. The first-order valence-corrected chi connectivity index (χ1v) is 14.4. The van der Waals surface area contributed by atoms with Gasteiger partial charge in [0.2, 0.25) is 5.91 Å². The van der Waals surface area contributed by atoms with Crippen molar-refractivity contribution in [2.45, 2.75) is 105 Å². The summed E-state index contributed by atoms with van der Waals surface area (Å²) in [4.78, 5) is 36.5. The average Bonchev–Trinajstić information content (AvgIpc) is 3.17. The summed E-state index contributed by atoms with van der Waals surface area (Å²) in [5.41, 5.74) is 2.18. The van der Waals surface area contributed by atoms with Gasteiger partial charge >= 0.3 is 5.97 Å². The second kappa shape index (κ2) is 9.07. The normalized spacial score (nSPS) is 43.3. The molecule has 6 heteroatoms. The first kappa shape index (κ1) is 26.6. The van der Waals surface area contributed by atoms with E-state index in [-0.39, 0.29) is 40.5 Å². The van der Waals surface area contributed by atoms with E-state index in [2.05, 4.69) is 32.2 Å². The van der Waals surface area contributed by atoms with Crippen LogP contribution in [0.15, 0.2) is 22.8 Å². The van der Waals surface area contributed by atoms with E-state index in [1.54, 1.807) is 0 Å². The number of fused-ring (bicyclic) bond motifs is 7. The largest absolute Gasteiger partial charge is 0.462 e. The number of ether oxygens (including phenoxy) is 1. The predicted octanol–water partition coefficient (Wildman–Crippen LogP) is 4.90. The molecule has 9 atom stereocenters. The highest BCUT2D eigenvalue weighted by Crippen LogP contribution is 2.71. The fraction of sp³-hybridized carbons (Fsp3) is 0.774. The van der Waals surface area contributed by atoms with Crippen molar-refractivity contribution in [2.24, 2.45) is 40.4 Å². The van der Waals surface area contributed by atoms with Gasteiger partial charge in [0.05, 0.1) is 11.5 Å². The average molecular weight is 512 g/mol. The minimum absolute atomic E-state index is 0.00663. The summed E-state index contributed by atoms with van der Waals surface area (Å²) in [5, 5.41) is 15.2. The summed E-state index contributed by atoms with van der Waals surface area (Å²) in [5.74, 6) is 0.935. The maximum Gasteiger partial charge on any atom is 0.302 e. The van der Waals surface area contributed by atoms with E-state index in [0.717, 1.165) is 49.7 Å². The van der Waals surface area contributed by atoms with Crippen LogP contribution in [0.5, 0.6) is 0 Å². The molecule has 5 aliphatic rings. The topological polar surface area (TPSA) is 92.7 Å². The molecule has 0 bridgehead atoms. The Labute approximate surface area is 221 Å². The molecule has 204 valence electrons. The van der Waals surface area contributed by atoms with Crippen LogP contribution in [0.4, 0.5) is 0 Å². The van der Waals surface area contributed by atoms with E-state index in [1.807, 2.05) is 6.92 Å². The maximum absolute atomic E-state index is 13.5. The van der Waals surface area contributed by atoms with E-state index in [4.69, 9.17) is 4.74 Å². The van der Waals surface area contributed by atoms with Crippen molar-refractivity contribution in [3.05, 3.63) is 22.8 Å². The second-order valence-corrected chi connectivity index (χ2v) is 13.5.